The van der Waals surface area contributed by atoms with Crippen LogP contribution in [0.25, 0.3) is 0 Å². The van der Waals surface area contributed by atoms with Crippen LogP contribution < -0.4 is 5.32 Å². The fraction of sp³-hybridized carbons (Fsp3) is 0.571. The van der Waals surface area contributed by atoms with Crippen molar-refractivity contribution in [2.45, 2.75) is 13.3 Å². The molecule has 0 radical (unpaired) electrons. The Hall–Kier alpha value is -0.580. The Kier molecular flexibility index (Phi) is 5.47. The highest BCUT2D eigenvalue weighted by molar-refractivity contribution is 9.10. The summed E-state index contributed by atoms with van der Waals surface area (Å²) in [6.45, 7) is 8.24. The largest absolute Gasteiger partial charge is 0.385 e. The molecule has 100 valence electrons. The second kappa shape index (κ2) is 7.12. The van der Waals surface area contributed by atoms with Gasteiger partial charge in [-0.05, 0) is 43.7 Å². The number of nitrogens with zero attached hydrogens (tertiary/aromatic N) is 1. The lowest BCUT2D eigenvalue weighted by Gasteiger charge is -2.26. The van der Waals surface area contributed by atoms with Crippen LogP contribution >= 0.6 is 15.9 Å². The molecule has 1 aliphatic heterocycles. The number of rotatable bonds is 5. The van der Waals surface area contributed by atoms with Crippen LogP contribution in [0.1, 0.15) is 12.0 Å². The minimum atomic E-state index is 0.888. The first-order valence-electron chi connectivity index (χ1n) is 6.56. The molecule has 3 nitrogen and oxygen atoms in total. The minimum absolute atomic E-state index is 0.888. The summed E-state index contributed by atoms with van der Waals surface area (Å²) >= 11 is 3.52. The monoisotopic (exact) mass is 312 g/mol. The number of anilines is 1. The smallest absolute Gasteiger partial charge is 0.0594 e. The summed E-state index contributed by atoms with van der Waals surface area (Å²) in [5.74, 6) is 0. The Morgan fingerprint density at radius 3 is 2.83 bits per heavy atom. The van der Waals surface area contributed by atoms with E-state index >= 15 is 0 Å². The average molecular weight is 313 g/mol. The molecular weight excluding hydrogens is 292 g/mol. The number of morpholine rings is 1. The predicted molar refractivity (Wildman–Crippen MR) is 79.2 cm³/mol. The fourth-order valence-electron chi connectivity index (χ4n) is 2.11. The Balaban J connectivity index is 1.66. The van der Waals surface area contributed by atoms with Gasteiger partial charge in [-0.2, -0.15) is 0 Å². The second-order valence-electron chi connectivity index (χ2n) is 4.70. The molecule has 1 saturated heterocycles. The molecule has 1 heterocycles. The number of hydrogen-bond donors (Lipinski definition) is 1. The molecule has 1 N–H and O–H groups in total. The highest BCUT2D eigenvalue weighted by atomic mass is 79.9. The van der Waals surface area contributed by atoms with Crippen LogP contribution in [0.4, 0.5) is 5.69 Å². The van der Waals surface area contributed by atoms with Crippen LogP contribution in [0.15, 0.2) is 22.7 Å². The van der Waals surface area contributed by atoms with Crippen LogP contribution in [0.5, 0.6) is 0 Å². The van der Waals surface area contributed by atoms with E-state index < -0.39 is 0 Å². The Labute approximate surface area is 118 Å². The molecule has 0 bridgehead atoms. The molecule has 1 aromatic rings. The highest BCUT2D eigenvalue weighted by Crippen LogP contribution is 2.19. The van der Waals surface area contributed by atoms with Crippen molar-refractivity contribution < 1.29 is 4.74 Å². The third-order valence-corrected chi connectivity index (χ3v) is 4.13. The van der Waals surface area contributed by atoms with Gasteiger partial charge in [0.2, 0.25) is 0 Å². The van der Waals surface area contributed by atoms with E-state index in [0.717, 1.165) is 39.4 Å². The number of aryl methyl sites for hydroxylation is 1. The lowest BCUT2D eigenvalue weighted by Crippen LogP contribution is -2.37. The predicted octanol–water partition coefficient (Wildman–Crippen LogP) is 2.89. The van der Waals surface area contributed by atoms with Crippen molar-refractivity contribution in [1.29, 1.82) is 0 Å². The van der Waals surface area contributed by atoms with Gasteiger partial charge in [-0.15, -0.1) is 0 Å². The van der Waals surface area contributed by atoms with Crippen molar-refractivity contribution in [2.75, 3.05) is 44.7 Å². The first-order valence-corrected chi connectivity index (χ1v) is 7.35. The van der Waals surface area contributed by atoms with Gasteiger partial charge in [0.1, 0.15) is 0 Å². The Morgan fingerprint density at radius 2 is 2.11 bits per heavy atom. The number of nitrogens with one attached hydrogen (secondary N) is 1. The quantitative estimate of drug-likeness (QED) is 0.846. The summed E-state index contributed by atoms with van der Waals surface area (Å²) in [5, 5.41) is 3.47. The molecule has 1 fully saturated rings. The summed E-state index contributed by atoms with van der Waals surface area (Å²) in [5.41, 5.74) is 2.48. The highest BCUT2D eigenvalue weighted by Gasteiger charge is 2.08. The number of ether oxygens (including phenoxy) is 1. The lowest BCUT2D eigenvalue weighted by molar-refractivity contribution is 0.0378. The zero-order valence-corrected chi connectivity index (χ0v) is 12.5. The van der Waals surface area contributed by atoms with Crippen LogP contribution in [-0.2, 0) is 4.74 Å². The van der Waals surface area contributed by atoms with E-state index in [1.54, 1.807) is 0 Å². The molecular formula is C14H21BrN2O. The van der Waals surface area contributed by atoms with E-state index in [-0.39, 0.29) is 0 Å². The fourth-order valence-corrected chi connectivity index (χ4v) is 2.36. The van der Waals surface area contributed by atoms with Crippen LogP contribution in [0, 0.1) is 6.92 Å². The Morgan fingerprint density at radius 1 is 1.33 bits per heavy atom. The third-order valence-electron chi connectivity index (χ3n) is 3.24. The maximum Gasteiger partial charge on any atom is 0.0594 e. The van der Waals surface area contributed by atoms with Crippen molar-refractivity contribution in [3.05, 3.63) is 28.2 Å². The zero-order valence-electron chi connectivity index (χ0n) is 10.9. The molecule has 1 aliphatic rings. The van der Waals surface area contributed by atoms with Crippen molar-refractivity contribution in [2.24, 2.45) is 0 Å². The van der Waals surface area contributed by atoms with E-state index in [2.05, 4.69) is 51.3 Å². The lowest BCUT2D eigenvalue weighted by atomic mass is 10.2. The topological polar surface area (TPSA) is 24.5 Å². The van der Waals surface area contributed by atoms with Gasteiger partial charge in [-0.3, -0.25) is 4.90 Å². The molecule has 2 rings (SSSR count). The molecule has 0 unspecified atom stereocenters. The zero-order chi connectivity index (χ0) is 12.8. The summed E-state index contributed by atoms with van der Waals surface area (Å²) < 4.78 is 6.51. The molecule has 0 saturated carbocycles. The summed E-state index contributed by atoms with van der Waals surface area (Å²) in [7, 11) is 0. The van der Waals surface area contributed by atoms with Gasteiger partial charge in [-0.1, -0.05) is 15.9 Å². The molecule has 0 aliphatic carbocycles. The van der Waals surface area contributed by atoms with Gasteiger partial charge in [0, 0.05) is 29.8 Å². The second-order valence-corrected chi connectivity index (χ2v) is 5.55. The van der Waals surface area contributed by atoms with E-state index in [0.29, 0.717) is 0 Å². The van der Waals surface area contributed by atoms with E-state index in [4.69, 9.17) is 4.74 Å². The molecule has 0 atom stereocenters. The molecule has 0 amide bonds. The first kappa shape index (κ1) is 13.8. The van der Waals surface area contributed by atoms with Crippen LogP contribution in [0.2, 0.25) is 0 Å². The van der Waals surface area contributed by atoms with Crippen molar-refractivity contribution >= 4 is 21.6 Å². The standard InChI is InChI=1S/C14H21BrN2O/c1-12-11-13(3-4-14(12)15)16-5-2-6-17-7-9-18-10-8-17/h3-4,11,16H,2,5-10H2,1H3. The van der Waals surface area contributed by atoms with Gasteiger partial charge < -0.3 is 10.1 Å². The van der Waals surface area contributed by atoms with E-state index in [1.807, 2.05) is 0 Å². The summed E-state index contributed by atoms with van der Waals surface area (Å²) in [6, 6.07) is 6.39. The van der Waals surface area contributed by atoms with E-state index in [9.17, 15) is 0 Å². The third kappa shape index (κ3) is 4.26. The molecule has 18 heavy (non-hydrogen) atoms. The first-order chi connectivity index (χ1) is 8.75. The van der Waals surface area contributed by atoms with Gasteiger partial charge in [0.25, 0.3) is 0 Å². The SMILES string of the molecule is Cc1cc(NCCCN2CCOCC2)ccc1Br. The van der Waals surface area contributed by atoms with E-state index in [1.165, 1.54) is 22.1 Å². The maximum atomic E-state index is 5.34. The van der Waals surface area contributed by atoms with Crippen LogP contribution in [-0.4, -0.2) is 44.3 Å². The van der Waals surface area contributed by atoms with Gasteiger partial charge >= 0.3 is 0 Å². The number of halogens is 1. The van der Waals surface area contributed by atoms with Crippen molar-refractivity contribution in [1.82, 2.24) is 4.90 Å². The van der Waals surface area contributed by atoms with Crippen molar-refractivity contribution in [3.63, 3.8) is 0 Å². The average Bonchev–Trinajstić information content (AvgIpc) is 2.40. The summed E-state index contributed by atoms with van der Waals surface area (Å²) in [4.78, 5) is 2.47. The molecule has 0 spiro atoms. The molecule has 0 aromatic heterocycles. The van der Waals surface area contributed by atoms with Gasteiger partial charge in [0.15, 0.2) is 0 Å². The normalized spacial score (nSPS) is 16.8. The summed E-state index contributed by atoms with van der Waals surface area (Å²) in [6.07, 6.45) is 1.18. The maximum absolute atomic E-state index is 5.34. The van der Waals surface area contributed by atoms with Crippen molar-refractivity contribution in [3.8, 4) is 0 Å². The Bertz CT molecular complexity index is 378. The van der Waals surface area contributed by atoms with Gasteiger partial charge in [-0.25, -0.2) is 0 Å². The van der Waals surface area contributed by atoms with Gasteiger partial charge in [0.05, 0.1) is 13.2 Å². The molecule has 1 aromatic carbocycles. The molecule has 4 heteroatoms. The van der Waals surface area contributed by atoms with Crippen LogP contribution in [0.3, 0.4) is 0 Å². The minimum Gasteiger partial charge on any atom is -0.385 e. The number of benzene rings is 1. The number of hydrogen-bond acceptors (Lipinski definition) is 3.